The molecule has 0 radical (unpaired) electrons. The van der Waals surface area contributed by atoms with E-state index in [2.05, 4.69) is 15.6 Å². The van der Waals surface area contributed by atoms with E-state index in [1.807, 2.05) is 36.4 Å². The van der Waals surface area contributed by atoms with Crippen molar-refractivity contribution in [3.8, 4) is 0 Å². The van der Waals surface area contributed by atoms with Crippen molar-refractivity contribution in [2.45, 2.75) is 50.4 Å². The summed E-state index contributed by atoms with van der Waals surface area (Å²) < 4.78 is 1.41. The molecule has 1 saturated heterocycles. The van der Waals surface area contributed by atoms with Crippen molar-refractivity contribution in [1.29, 1.82) is 0 Å². The van der Waals surface area contributed by atoms with Crippen LogP contribution in [0.3, 0.4) is 0 Å². The van der Waals surface area contributed by atoms with Crippen LogP contribution in [0.5, 0.6) is 0 Å². The first-order valence-electron chi connectivity index (χ1n) is 10.9. The third-order valence-corrected chi connectivity index (χ3v) is 6.03. The number of hydrogen-bond acceptors (Lipinski definition) is 5. The van der Waals surface area contributed by atoms with E-state index in [-0.39, 0.29) is 23.6 Å². The summed E-state index contributed by atoms with van der Waals surface area (Å²) in [4.78, 5) is 28.6. The third-order valence-electron chi connectivity index (χ3n) is 6.03. The number of carbonyl (C=O) groups is 1. The Hall–Kier alpha value is -3.29. The molecular formula is C25H28N4O3. The average molecular weight is 433 g/mol. The molecule has 1 aromatic carbocycles. The molecule has 1 amide bonds. The van der Waals surface area contributed by atoms with Crippen LogP contribution in [0.4, 0.5) is 5.69 Å². The number of hydrogen-bond donors (Lipinski definition) is 3. The number of amides is 1. The zero-order chi connectivity index (χ0) is 22.5. The van der Waals surface area contributed by atoms with Gasteiger partial charge in [0.2, 0.25) is 5.91 Å². The van der Waals surface area contributed by atoms with E-state index < -0.39 is 12.1 Å². The van der Waals surface area contributed by atoms with Crippen LogP contribution in [0.1, 0.15) is 43.0 Å². The summed E-state index contributed by atoms with van der Waals surface area (Å²) in [6.07, 6.45) is 7.21. The molecule has 7 nitrogen and oxygen atoms in total. The van der Waals surface area contributed by atoms with E-state index in [9.17, 15) is 14.7 Å². The molecule has 1 unspecified atom stereocenters. The molecule has 2 aromatic heterocycles. The van der Waals surface area contributed by atoms with Gasteiger partial charge >= 0.3 is 0 Å². The van der Waals surface area contributed by atoms with Crippen molar-refractivity contribution >= 4 is 11.6 Å². The highest BCUT2D eigenvalue weighted by molar-refractivity contribution is 5.93. The summed E-state index contributed by atoms with van der Waals surface area (Å²) in [5.41, 5.74) is 2.47. The molecule has 7 heteroatoms. The topological polar surface area (TPSA) is 96.2 Å². The number of aliphatic hydroxyl groups is 1. The number of aliphatic hydroxyl groups excluding tert-OH is 1. The van der Waals surface area contributed by atoms with Crippen LogP contribution >= 0.6 is 0 Å². The SMILES string of the molecule is C[C@@H](C(=O)Nc1ccc(C[C@@H]2CC[C@H](C(O)c3cccnc3)N2)cc1)n1ccccc1=O. The summed E-state index contributed by atoms with van der Waals surface area (Å²) in [5.74, 6) is -0.240. The molecule has 3 heterocycles. The van der Waals surface area contributed by atoms with Crippen molar-refractivity contribution in [1.82, 2.24) is 14.9 Å². The molecule has 0 saturated carbocycles. The van der Waals surface area contributed by atoms with Gasteiger partial charge in [-0.05, 0) is 56.0 Å². The molecule has 3 aromatic rings. The van der Waals surface area contributed by atoms with Crippen molar-refractivity contribution in [3.05, 3.63) is 94.7 Å². The Kier molecular flexibility index (Phi) is 6.78. The predicted molar refractivity (Wildman–Crippen MR) is 123 cm³/mol. The summed E-state index contributed by atoms with van der Waals surface area (Å²) in [6, 6.07) is 16.0. The van der Waals surface area contributed by atoms with Crippen LogP contribution in [-0.2, 0) is 11.2 Å². The van der Waals surface area contributed by atoms with Gasteiger partial charge in [-0.3, -0.25) is 14.6 Å². The number of anilines is 1. The summed E-state index contributed by atoms with van der Waals surface area (Å²) >= 11 is 0. The minimum Gasteiger partial charge on any atom is -0.387 e. The quantitative estimate of drug-likeness (QED) is 0.534. The highest BCUT2D eigenvalue weighted by Crippen LogP contribution is 2.26. The second-order valence-corrected chi connectivity index (χ2v) is 8.29. The number of nitrogens with zero attached hydrogens (tertiary/aromatic N) is 2. The lowest BCUT2D eigenvalue weighted by atomic mass is 10.0. The number of aromatic nitrogens is 2. The largest absolute Gasteiger partial charge is 0.387 e. The minimum absolute atomic E-state index is 0.0191. The molecule has 0 aliphatic carbocycles. The molecule has 1 aliphatic rings. The third kappa shape index (κ3) is 5.12. The summed E-state index contributed by atoms with van der Waals surface area (Å²) in [5, 5.41) is 17.0. The van der Waals surface area contributed by atoms with Crippen LogP contribution in [-0.4, -0.2) is 32.6 Å². The zero-order valence-corrected chi connectivity index (χ0v) is 18.0. The normalized spacial score (nSPS) is 19.9. The van der Waals surface area contributed by atoms with Gasteiger partial charge in [-0.25, -0.2) is 0 Å². The lowest BCUT2D eigenvalue weighted by molar-refractivity contribution is -0.118. The predicted octanol–water partition coefficient (Wildman–Crippen LogP) is 2.84. The van der Waals surface area contributed by atoms with E-state index in [0.717, 1.165) is 30.4 Å². The van der Waals surface area contributed by atoms with E-state index in [4.69, 9.17) is 0 Å². The smallest absolute Gasteiger partial charge is 0.251 e. The van der Waals surface area contributed by atoms with Gasteiger partial charge in [0.1, 0.15) is 6.04 Å². The summed E-state index contributed by atoms with van der Waals surface area (Å²) in [6.45, 7) is 1.70. The maximum atomic E-state index is 12.5. The second-order valence-electron chi connectivity index (χ2n) is 8.29. The lowest BCUT2D eigenvalue weighted by Crippen LogP contribution is -2.35. The van der Waals surface area contributed by atoms with Crippen LogP contribution < -0.4 is 16.2 Å². The first-order valence-corrected chi connectivity index (χ1v) is 10.9. The van der Waals surface area contributed by atoms with Gasteiger partial charge in [0, 0.05) is 48.0 Å². The minimum atomic E-state index is -0.603. The van der Waals surface area contributed by atoms with E-state index in [0.29, 0.717) is 5.69 Å². The van der Waals surface area contributed by atoms with Gasteiger partial charge in [-0.15, -0.1) is 0 Å². The van der Waals surface area contributed by atoms with Gasteiger partial charge in [-0.2, -0.15) is 0 Å². The Bertz CT molecular complexity index is 1100. The van der Waals surface area contributed by atoms with Crippen LogP contribution in [0.15, 0.2) is 78.0 Å². The fraction of sp³-hybridized carbons (Fsp3) is 0.320. The maximum Gasteiger partial charge on any atom is 0.251 e. The Morgan fingerprint density at radius 3 is 2.72 bits per heavy atom. The van der Waals surface area contributed by atoms with Crippen LogP contribution in [0.2, 0.25) is 0 Å². The first kappa shape index (κ1) is 21.9. The molecule has 1 aliphatic heterocycles. The molecule has 1 fully saturated rings. The van der Waals surface area contributed by atoms with E-state index in [1.165, 1.54) is 10.6 Å². The monoisotopic (exact) mass is 432 g/mol. The highest BCUT2D eigenvalue weighted by atomic mass is 16.3. The van der Waals surface area contributed by atoms with Gasteiger partial charge in [0.05, 0.1) is 6.10 Å². The maximum absolute atomic E-state index is 12.5. The Morgan fingerprint density at radius 2 is 2.00 bits per heavy atom. The molecule has 4 atom stereocenters. The fourth-order valence-electron chi connectivity index (χ4n) is 4.18. The van der Waals surface area contributed by atoms with E-state index in [1.54, 1.807) is 37.6 Å². The molecule has 0 spiro atoms. The number of carbonyl (C=O) groups excluding carboxylic acids is 1. The highest BCUT2D eigenvalue weighted by Gasteiger charge is 2.30. The zero-order valence-electron chi connectivity index (χ0n) is 18.0. The number of nitrogens with one attached hydrogen (secondary N) is 2. The van der Waals surface area contributed by atoms with Crippen molar-refractivity contribution in [2.75, 3.05) is 5.32 Å². The number of rotatable bonds is 7. The van der Waals surface area contributed by atoms with Crippen LogP contribution in [0, 0.1) is 0 Å². The van der Waals surface area contributed by atoms with Gasteiger partial charge < -0.3 is 20.3 Å². The molecular weight excluding hydrogens is 404 g/mol. The standard InChI is InChI=1S/C25H28N4O3/c1-17(29-14-3-2-6-23(29)30)25(32)28-20-9-7-18(8-10-20)15-21-11-12-22(27-21)24(31)19-5-4-13-26-16-19/h2-10,13-14,16-17,21-22,24,27,31H,11-12,15H2,1H3,(H,28,32)/t17-,21-,22+,24?/m0/s1. The summed E-state index contributed by atoms with van der Waals surface area (Å²) in [7, 11) is 0. The molecule has 166 valence electrons. The number of benzene rings is 1. The molecule has 32 heavy (non-hydrogen) atoms. The van der Waals surface area contributed by atoms with Gasteiger partial charge in [0.25, 0.3) is 5.56 Å². The Morgan fingerprint density at radius 1 is 1.19 bits per heavy atom. The van der Waals surface area contributed by atoms with Crippen molar-refractivity contribution < 1.29 is 9.90 Å². The Balaban J connectivity index is 1.31. The van der Waals surface area contributed by atoms with Crippen LogP contribution in [0.25, 0.3) is 0 Å². The van der Waals surface area contributed by atoms with Gasteiger partial charge in [0.15, 0.2) is 0 Å². The average Bonchev–Trinajstić information content (AvgIpc) is 3.28. The van der Waals surface area contributed by atoms with Crippen molar-refractivity contribution in [3.63, 3.8) is 0 Å². The molecule has 3 N–H and O–H groups in total. The van der Waals surface area contributed by atoms with E-state index >= 15 is 0 Å². The number of pyridine rings is 2. The lowest BCUT2D eigenvalue weighted by Gasteiger charge is -2.20. The first-order chi connectivity index (χ1) is 15.5. The van der Waals surface area contributed by atoms with Crippen molar-refractivity contribution in [2.24, 2.45) is 0 Å². The van der Waals surface area contributed by atoms with Gasteiger partial charge in [-0.1, -0.05) is 24.3 Å². The molecule has 4 rings (SSSR count). The fourth-order valence-corrected chi connectivity index (χ4v) is 4.18. The second kappa shape index (κ2) is 9.89. The Labute approximate surface area is 187 Å². The molecule has 0 bridgehead atoms.